The summed E-state index contributed by atoms with van der Waals surface area (Å²) in [7, 11) is -7.88. The maximum atomic E-state index is 15.5. The Labute approximate surface area is 451 Å². The van der Waals surface area contributed by atoms with Gasteiger partial charge in [-0.1, -0.05) is 109 Å². The van der Waals surface area contributed by atoms with Crippen molar-refractivity contribution in [2.24, 2.45) is 0 Å². The third-order valence-corrected chi connectivity index (χ3v) is 16.1. The number of carbonyl (C=O) groups excluding carboxylic acids is 1. The summed E-state index contributed by atoms with van der Waals surface area (Å²) in [6, 6.07) is 41.4. The van der Waals surface area contributed by atoms with Gasteiger partial charge in [0.05, 0.1) is 34.3 Å². The van der Waals surface area contributed by atoms with Gasteiger partial charge in [0.1, 0.15) is 24.2 Å². The minimum absolute atomic E-state index is 0.150. The molecular weight excluding hydrogens is 1020 g/mol. The van der Waals surface area contributed by atoms with Crippen LogP contribution in [-0.4, -0.2) is 61.7 Å². The van der Waals surface area contributed by atoms with Gasteiger partial charge in [-0.25, -0.2) is 36.8 Å². The predicted octanol–water partition coefficient (Wildman–Crippen LogP) is 11.7. The number of nitrogens with zero attached hydrogens (tertiary/aromatic N) is 8. The topological polar surface area (TPSA) is 215 Å². The summed E-state index contributed by atoms with van der Waals surface area (Å²) in [6.45, 7) is 8.82. The second-order valence-electron chi connectivity index (χ2n) is 18.2. The first-order chi connectivity index (χ1) is 37.8. The summed E-state index contributed by atoms with van der Waals surface area (Å²) in [5.41, 5.74) is 6.87. The molecule has 0 amide bonds. The van der Waals surface area contributed by atoms with Gasteiger partial charge in [-0.2, -0.15) is 9.97 Å². The number of ether oxygens (including phenoxy) is 2. The predicted molar refractivity (Wildman–Crippen MR) is 300 cm³/mol. The van der Waals surface area contributed by atoms with Gasteiger partial charge in [0, 0.05) is 24.5 Å². The molecule has 392 valence electrons. The number of nitrogens with one attached hydrogen (secondary N) is 2. The van der Waals surface area contributed by atoms with Crippen molar-refractivity contribution < 1.29 is 31.1 Å². The molecule has 0 saturated heterocycles. The minimum Gasteiger partial charge on any atom is -0.437 e. The number of sulfonamides is 2. The van der Waals surface area contributed by atoms with Crippen molar-refractivity contribution in [1.29, 1.82) is 0 Å². The van der Waals surface area contributed by atoms with E-state index in [4.69, 9.17) is 9.47 Å². The zero-order valence-electron chi connectivity index (χ0n) is 42.8. The van der Waals surface area contributed by atoms with Gasteiger partial charge in [-0.05, 0) is 122 Å². The van der Waals surface area contributed by atoms with Gasteiger partial charge in [0.25, 0.3) is 31.8 Å². The molecule has 17 nitrogen and oxygen atoms in total. The smallest absolute Gasteiger partial charge is 0.262 e. The lowest BCUT2D eigenvalue weighted by Crippen LogP contribution is -2.19. The van der Waals surface area contributed by atoms with Crippen molar-refractivity contribution in [3.05, 3.63) is 216 Å². The summed E-state index contributed by atoms with van der Waals surface area (Å²) < 4.78 is 75.6. The van der Waals surface area contributed by atoms with Crippen LogP contribution in [0.4, 0.5) is 11.4 Å². The lowest BCUT2D eigenvalue weighted by molar-refractivity contribution is -0.120. The fraction of sp³-hybridized carbons (Fsp3) is 0.136. The average molecular weight is 1080 g/mol. The summed E-state index contributed by atoms with van der Waals surface area (Å²) >= 11 is 0. The average Bonchev–Trinajstić information content (AvgIpc) is 4.15. The Hall–Kier alpha value is -9.33. The van der Waals surface area contributed by atoms with Crippen LogP contribution in [0.1, 0.15) is 59.1 Å². The Morgan fingerprint density at radius 3 is 1.27 bits per heavy atom. The van der Waals surface area contributed by atoms with Gasteiger partial charge in [-0.3, -0.25) is 14.2 Å². The Morgan fingerprint density at radius 2 is 0.897 bits per heavy atom. The lowest BCUT2D eigenvalue weighted by atomic mass is 9.82. The number of rotatable bonds is 20. The molecule has 0 spiro atoms. The van der Waals surface area contributed by atoms with Crippen LogP contribution in [-0.2, 0) is 37.9 Å². The lowest BCUT2D eigenvalue weighted by Gasteiger charge is -2.20. The van der Waals surface area contributed by atoms with E-state index in [1.54, 1.807) is 160 Å². The largest absolute Gasteiger partial charge is 0.437 e. The maximum absolute atomic E-state index is 15.5. The van der Waals surface area contributed by atoms with Crippen LogP contribution in [0.15, 0.2) is 193 Å². The standard InChI is InChI=1S/C59H52N10O7S2/c1-5-68-37-64-53-56(68)60-35-62-58(53)75-47-29-15-41(16-30-47)19-33-49(43-21-25-45(26-22-43)66-77(71,72)51-13-9-7-11-39(51)3)55(70)50(44-23-27-46(28-24-44)67-78(73,74)52-14-10-8-12-40(52)4)34-20-42-17-31-48(32-18-42)76-59-54-57(61-36-63-59)69(6-2)38-65-54/h7-38,49-50,66-67H,5-6H2,1-4H3/b33-19+,34-20+. The highest BCUT2D eigenvalue weighted by Gasteiger charge is 2.28. The summed E-state index contributed by atoms with van der Waals surface area (Å²) in [5, 5.41) is 0. The molecule has 0 radical (unpaired) electrons. The molecule has 78 heavy (non-hydrogen) atoms. The van der Waals surface area contributed by atoms with Gasteiger partial charge in [0.15, 0.2) is 28.1 Å². The van der Waals surface area contributed by atoms with E-state index >= 15 is 4.79 Å². The number of aromatic nitrogens is 8. The van der Waals surface area contributed by atoms with Gasteiger partial charge < -0.3 is 18.6 Å². The number of hydrogen-bond donors (Lipinski definition) is 2. The third-order valence-electron chi connectivity index (χ3n) is 13.0. The quantitative estimate of drug-likeness (QED) is 0.0727. The highest BCUT2D eigenvalue weighted by Crippen LogP contribution is 2.34. The van der Waals surface area contributed by atoms with E-state index in [0.717, 1.165) is 11.1 Å². The fourth-order valence-corrected chi connectivity index (χ4v) is 11.5. The first kappa shape index (κ1) is 52.1. The Balaban J connectivity index is 0.982. The number of hydrogen-bond acceptors (Lipinski definition) is 13. The molecule has 4 heterocycles. The van der Waals surface area contributed by atoms with Crippen molar-refractivity contribution in [2.75, 3.05) is 9.44 Å². The van der Waals surface area contributed by atoms with Crippen LogP contribution in [0.25, 0.3) is 34.5 Å². The highest BCUT2D eigenvalue weighted by molar-refractivity contribution is 7.93. The second-order valence-corrected chi connectivity index (χ2v) is 21.5. The van der Waals surface area contributed by atoms with E-state index in [1.165, 1.54) is 12.7 Å². The number of imidazole rings is 2. The fourth-order valence-electron chi connectivity index (χ4n) is 8.85. The third kappa shape index (κ3) is 11.4. The van der Waals surface area contributed by atoms with Crippen LogP contribution in [0.5, 0.6) is 23.3 Å². The molecule has 0 aliphatic carbocycles. The number of ketones is 1. The molecule has 0 aliphatic rings. The molecule has 19 heteroatoms. The molecule has 10 rings (SSSR count). The van der Waals surface area contributed by atoms with E-state index in [1.807, 2.05) is 59.4 Å². The van der Waals surface area contributed by atoms with E-state index in [2.05, 4.69) is 39.3 Å². The summed E-state index contributed by atoms with van der Waals surface area (Å²) in [4.78, 5) is 42.1. The zero-order chi connectivity index (χ0) is 54.4. The number of Topliss-reactive ketones (excluding diaryl/α,β-unsaturated/α-hetero) is 1. The molecule has 0 saturated carbocycles. The normalized spacial score (nSPS) is 12.8. The van der Waals surface area contributed by atoms with Crippen LogP contribution in [0.3, 0.4) is 0 Å². The SMILES string of the molecule is CCn1cnc2c(Oc3ccc(/C=C/C(C(=O)C(/C=C/c4ccc(Oc5ncnc6c5ncn6CC)cc4)c4ccc(NS(=O)(=O)c5ccccc5C)cc4)c4ccc(NS(=O)(=O)c5ccccc5C)cc4)cc3)ncnc21. The zero-order valence-corrected chi connectivity index (χ0v) is 44.4. The Bertz CT molecular complexity index is 3820. The van der Waals surface area contributed by atoms with Crippen molar-refractivity contribution in [1.82, 2.24) is 39.0 Å². The van der Waals surface area contributed by atoms with Crippen molar-refractivity contribution in [3.8, 4) is 23.3 Å². The van der Waals surface area contributed by atoms with Gasteiger partial charge in [-0.15, -0.1) is 0 Å². The van der Waals surface area contributed by atoms with E-state index in [0.29, 0.717) is 92.3 Å². The number of benzene rings is 6. The van der Waals surface area contributed by atoms with Gasteiger partial charge >= 0.3 is 0 Å². The molecule has 0 aliphatic heterocycles. The maximum Gasteiger partial charge on any atom is 0.262 e. The van der Waals surface area contributed by atoms with Crippen LogP contribution in [0.2, 0.25) is 0 Å². The Morgan fingerprint density at radius 1 is 0.513 bits per heavy atom. The molecule has 2 N–H and O–H groups in total. The monoisotopic (exact) mass is 1080 g/mol. The molecule has 0 fully saturated rings. The molecule has 10 aromatic rings. The van der Waals surface area contributed by atoms with Crippen LogP contribution < -0.4 is 18.9 Å². The minimum atomic E-state index is -3.94. The van der Waals surface area contributed by atoms with Crippen LogP contribution >= 0.6 is 0 Å². The van der Waals surface area contributed by atoms with E-state index < -0.39 is 31.9 Å². The first-order valence-electron chi connectivity index (χ1n) is 24.9. The summed E-state index contributed by atoms with van der Waals surface area (Å²) in [6.07, 6.45) is 13.6. The second kappa shape index (κ2) is 22.5. The number of allylic oxidation sites excluding steroid dienone is 2. The molecule has 2 atom stereocenters. The number of fused-ring (bicyclic) bond motifs is 2. The number of carbonyl (C=O) groups is 1. The van der Waals surface area contributed by atoms with E-state index in [9.17, 15) is 16.8 Å². The number of anilines is 2. The van der Waals surface area contributed by atoms with Gasteiger partial charge in [0.2, 0.25) is 0 Å². The first-order valence-corrected chi connectivity index (χ1v) is 27.9. The Kier molecular flexibility index (Phi) is 15.0. The summed E-state index contributed by atoms with van der Waals surface area (Å²) in [5.74, 6) is -0.363. The molecular formula is C59H52N10O7S2. The molecule has 6 aromatic carbocycles. The number of aryl methyl sites for hydroxylation is 4. The van der Waals surface area contributed by atoms with E-state index in [-0.39, 0.29) is 15.6 Å². The molecule has 2 unspecified atom stereocenters. The van der Waals surface area contributed by atoms with Crippen molar-refractivity contribution >= 4 is 71.7 Å². The van der Waals surface area contributed by atoms with Crippen molar-refractivity contribution in [3.63, 3.8) is 0 Å². The van der Waals surface area contributed by atoms with Crippen molar-refractivity contribution in [2.45, 2.75) is 62.4 Å². The molecule has 0 bridgehead atoms. The van der Waals surface area contributed by atoms with Crippen LogP contribution in [0, 0.1) is 13.8 Å². The highest BCUT2D eigenvalue weighted by atomic mass is 32.2. The molecule has 4 aromatic heterocycles.